The lowest BCUT2D eigenvalue weighted by atomic mass is 10.0. The fourth-order valence-electron chi connectivity index (χ4n) is 3.46. The monoisotopic (exact) mass is 469 g/mol. The summed E-state index contributed by atoms with van der Waals surface area (Å²) < 4.78 is 10.2. The van der Waals surface area contributed by atoms with Gasteiger partial charge < -0.3 is 14.4 Å². The number of unbranched alkanes of at least 4 members (excludes halogenated alkanes) is 2. The van der Waals surface area contributed by atoms with Crippen LogP contribution in [0.2, 0.25) is 0 Å². The van der Waals surface area contributed by atoms with E-state index in [2.05, 4.69) is 35.8 Å². The van der Waals surface area contributed by atoms with Gasteiger partial charge in [-0.3, -0.25) is 0 Å². The maximum Gasteiger partial charge on any atom is 0.410 e. The second-order valence-corrected chi connectivity index (χ2v) is 9.20. The van der Waals surface area contributed by atoms with Crippen molar-refractivity contribution in [2.75, 3.05) is 20.2 Å². The summed E-state index contributed by atoms with van der Waals surface area (Å²) in [6.45, 7) is 6.70. The minimum absolute atomic E-state index is 0.293. The van der Waals surface area contributed by atoms with Gasteiger partial charge in [-0.05, 0) is 68.7 Å². The summed E-state index contributed by atoms with van der Waals surface area (Å²) >= 11 is 0. The van der Waals surface area contributed by atoms with Gasteiger partial charge in [-0.1, -0.05) is 48.0 Å². The van der Waals surface area contributed by atoms with Gasteiger partial charge in [0.25, 0.3) is 0 Å². The van der Waals surface area contributed by atoms with Crippen LogP contribution in [0.3, 0.4) is 0 Å². The molecule has 0 aromatic heterocycles. The van der Waals surface area contributed by atoms with E-state index in [0.29, 0.717) is 18.7 Å². The molecular weight excluding hydrogens is 438 g/mol. The minimum Gasteiger partial charge on any atom is -0.465 e. The fraction of sp³-hybridized carbons (Fsp3) is 0.333. The summed E-state index contributed by atoms with van der Waals surface area (Å²) in [5, 5.41) is 0. The number of benzene rings is 2. The van der Waals surface area contributed by atoms with Crippen molar-refractivity contribution in [1.82, 2.24) is 4.90 Å². The molecule has 0 atom stereocenters. The third kappa shape index (κ3) is 8.09. The second kappa shape index (κ2) is 12.0. The van der Waals surface area contributed by atoms with E-state index in [9.17, 15) is 9.59 Å². The SMILES string of the molecule is COC(=O)c1cccc(C#CCCCC#Cc2cccc(C3=CCN(C(=O)OC(C)(C)C)C3)c2)c1. The van der Waals surface area contributed by atoms with Gasteiger partial charge in [0, 0.05) is 37.1 Å². The molecule has 0 spiro atoms. The van der Waals surface area contributed by atoms with Crippen LogP contribution in [0.4, 0.5) is 4.79 Å². The summed E-state index contributed by atoms with van der Waals surface area (Å²) in [7, 11) is 1.37. The highest BCUT2D eigenvalue weighted by molar-refractivity contribution is 5.89. The molecule has 0 aliphatic carbocycles. The molecule has 0 saturated carbocycles. The summed E-state index contributed by atoms with van der Waals surface area (Å²) in [6.07, 6.45) is 4.11. The summed E-state index contributed by atoms with van der Waals surface area (Å²) in [4.78, 5) is 25.6. The molecule has 1 heterocycles. The highest BCUT2D eigenvalue weighted by atomic mass is 16.6. The predicted molar refractivity (Wildman–Crippen MR) is 138 cm³/mol. The molecule has 5 heteroatoms. The first-order valence-electron chi connectivity index (χ1n) is 11.7. The molecule has 0 radical (unpaired) electrons. The van der Waals surface area contributed by atoms with Crippen molar-refractivity contribution in [2.45, 2.75) is 45.6 Å². The van der Waals surface area contributed by atoms with Crippen LogP contribution in [-0.2, 0) is 9.47 Å². The van der Waals surface area contributed by atoms with Gasteiger partial charge in [0.2, 0.25) is 0 Å². The Bertz CT molecular complexity index is 1230. The van der Waals surface area contributed by atoms with E-state index < -0.39 is 5.60 Å². The lowest BCUT2D eigenvalue weighted by molar-refractivity contribution is 0.0306. The van der Waals surface area contributed by atoms with Crippen LogP contribution in [0, 0.1) is 23.7 Å². The maximum atomic E-state index is 12.3. The van der Waals surface area contributed by atoms with Crippen LogP contribution in [-0.4, -0.2) is 42.8 Å². The number of ether oxygens (including phenoxy) is 2. The Morgan fingerprint density at radius 1 is 0.971 bits per heavy atom. The number of hydrogen-bond donors (Lipinski definition) is 0. The standard InChI is InChI=1S/C30H31NO4/c1-30(2,3)35-29(33)31-19-18-27(22-31)25-16-10-14-23(20-25)12-8-6-5-7-9-13-24-15-11-17-26(21-24)28(32)34-4/h10-11,14-18,20-21H,5-7,19,22H2,1-4H3. The molecule has 0 saturated heterocycles. The molecule has 0 fully saturated rings. The van der Waals surface area contributed by atoms with E-state index in [-0.39, 0.29) is 12.1 Å². The Kier molecular flexibility index (Phi) is 8.76. The molecule has 1 amide bonds. The van der Waals surface area contributed by atoms with Crippen molar-refractivity contribution in [1.29, 1.82) is 0 Å². The number of hydrogen-bond acceptors (Lipinski definition) is 4. The van der Waals surface area contributed by atoms with E-state index in [1.165, 1.54) is 7.11 Å². The van der Waals surface area contributed by atoms with Crippen LogP contribution in [0.25, 0.3) is 5.57 Å². The van der Waals surface area contributed by atoms with Gasteiger partial charge in [0.15, 0.2) is 0 Å². The van der Waals surface area contributed by atoms with Gasteiger partial charge >= 0.3 is 12.1 Å². The number of carbonyl (C=O) groups is 2. The van der Waals surface area contributed by atoms with Gasteiger partial charge in [-0.25, -0.2) is 9.59 Å². The number of rotatable bonds is 4. The number of nitrogens with zero attached hydrogens (tertiary/aromatic N) is 1. The Hall–Kier alpha value is -3.96. The zero-order valence-electron chi connectivity index (χ0n) is 20.8. The van der Waals surface area contributed by atoms with Gasteiger partial charge in [-0.2, -0.15) is 0 Å². The van der Waals surface area contributed by atoms with E-state index in [4.69, 9.17) is 9.47 Å². The highest BCUT2D eigenvalue weighted by Crippen LogP contribution is 2.23. The molecule has 180 valence electrons. The lowest BCUT2D eigenvalue weighted by Crippen LogP contribution is -2.35. The molecule has 0 unspecified atom stereocenters. The van der Waals surface area contributed by atoms with Gasteiger partial charge in [-0.15, -0.1) is 0 Å². The summed E-state index contributed by atoms with van der Waals surface area (Å²) in [6, 6.07) is 15.2. The van der Waals surface area contributed by atoms with Gasteiger partial charge in [0.05, 0.1) is 12.7 Å². The molecule has 0 bridgehead atoms. The van der Waals surface area contributed by atoms with Crippen LogP contribution < -0.4 is 0 Å². The van der Waals surface area contributed by atoms with Crippen molar-refractivity contribution in [3.05, 3.63) is 76.9 Å². The maximum absolute atomic E-state index is 12.3. The molecule has 3 rings (SSSR count). The van der Waals surface area contributed by atoms with E-state index in [1.54, 1.807) is 23.1 Å². The third-order valence-electron chi connectivity index (χ3n) is 5.16. The Morgan fingerprint density at radius 2 is 1.63 bits per heavy atom. The number of methoxy groups -OCH3 is 1. The van der Waals surface area contributed by atoms with Crippen molar-refractivity contribution in [2.24, 2.45) is 0 Å². The van der Waals surface area contributed by atoms with Crippen molar-refractivity contribution in [3.63, 3.8) is 0 Å². The second-order valence-electron chi connectivity index (χ2n) is 9.20. The predicted octanol–water partition coefficient (Wildman–Crippen LogP) is 5.68. The van der Waals surface area contributed by atoms with Crippen molar-refractivity contribution < 1.29 is 19.1 Å². The number of amides is 1. The molecule has 2 aromatic rings. The van der Waals surface area contributed by atoms with E-state index in [1.807, 2.05) is 45.0 Å². The molecule has 1 aliphatic heterocycles. The fourth-order valence-corrected chi connectivity index (χ4v) is 3.46. The normalized spacial score (nSPS) is 12.6. The van der Waals surface area contributed by atoms with Crippen LogP contribution in [0.1, 0.15) is 67.1 Å². The van der Waals surface area contributed by atoms with Crippen LogP contribution in [0.5, 0.6) is 0 Å². The Balaban J connectivity index is 1.49. The van der Waals surface area contributed by atoms with Crippen LogP contribution in [0.15, 0.2) is 54.6 Å². The van der Waals surface area contributed by atoms with Crippen LogP contribution >= 0.6 is 0 Å². The zero-order valence-corrected chi connectivity index (χ0v) is 20.8. The van der Waals surface area contributed by atoms with E-state index >= 15 is 0 Å². The van der Waals surface area contributed by atoms with Gasteiger partial charge in [0.1, 0.15) is 5.60 Å². The first-order chi connectivity index (χ1) is 16.7. The first-order valence-corrected chi connectivity index (χ1v) is 11.7. The smallest absolute Gasteiger partial charge is 0.410 e. The average molecular weight is 470 g/mol. The van der Waals surface area contributed by atoms with E-state index in [0.717, 1.165) is 41.5 Å². The molecule has 35 heavy (non-hydrogen) atoms. The quantitative estimate of drug-likeness (QED) is 0.328. The van der Waals surface area contributed by atoms with Crippen molar-refractivity contribution in [3.8, 4) is 23.7 Å². The zero-order chi connectivity index (χ0) is 25.3. The number of carbonyl (C=O) groups excluding carboxylic acids is 2. The minimum atomic E-state index is -0.503. The number of esters is 1. The molecule has 1 aliphatic rings. The molecular formula is C30H31NO4. The molecule has 2 aromatic carbocycles. The van der Waals surface area contributed by atoms with Crippen molar-refractivity contribution >= 4 is 17.6 Å². The topological polar surface area (TPSA) is 55.8 Å². The Labute approximate surface area is 208 Å². The Morgan fingerprint density at radius 3 is 2.29 bits per heavy atom. The molecule has 5 nitrogen and oxygen atoms in total. The molecule has 0 N–H and O–H groups in total. The largest absolute Gasteiger partial charge is 0.465 e. The average Bonchev–Trinajstić information content (AvgIpc) is 3.33. The summed E-state index contributed by atoms with van der Waals surface area (Å²) in [5.74, 6) is 12.3. The highest BCUT2D eigenvalue weighted by Gasteiger charge is 2.25. The lowest BCUT2D eigenvalue weighted by Gasteiger charge is -2.24. The third-order valence-corrected chi connectivity index (χ3v) is 5.16. The first kappa shape index (κ1) is 25.7. The summed E-state index contributed by atoms with van der Waals surface area (Å²) in [5.41, 5.74) is 3.91.